The van der Waals surface area contributed by atoms with E-state index in [1.54, 1.807) is 14.1 Å². The van der Waals surface area contributed by atoms with Gasteiger partial charge in [-0.1, -0.05) is 0 Å². The van der Waals surface area contributed by atoms with Crippen LogP contribution in [0.4, 0.5) is 16.3 Å². The average Bonchev–Trinajstić information content (AvgIpc) is 2.42. The Hall–Kier alpha value is -2.91. The molecule has 114 valence electrons. The van der Waals surface area contributed by atoms with Crippen LogP contribution in [0, 0.1) is 10.1 Å². The molecule has 0 bridgehead atoms. The number of hydrogen-bond acceptors (Lipinski definition) is 6. The van der Waals surface area contributed by atoms with Crippen molar-refractivity contribution >= 4 is 23.5 Å². The second-order valence-electron chi connectivity index (χ2n) is 4.18. The zero-order valence-electron chi connectivity index (χ0n) is 11.5. The lowest BCUT2D eigenvalue weighted by Gasteiger charge is -2.12. The Morgan fingerprint density at radius 1 is 1.38 bits per heavy atom. The number of rotatable bonds is 6. The molecule has 2 amide bonds. The van der Waals surface area contributed by atoms with Crippen LogP contribution in [0.5, 0.6) is 0 Å². The van der Waals surface area contributed by atoms with Crippen LogP contribution in [0.2, 0.25) is 0 Å². The van der Waals surface area contributed by atoms with Crippen LogP contribution < -0.4 is 10.6 Å². The number of hydrogen-bond donors (Lipinski definition) is 3. The van der Waals surface area contributed by atoms with E-state index < -0.39 is 10.9 Å². The Kier molecular flexibility index (Phi) is 5.40. The molecule has 0 spiro atoms. The van der Waals surface area contributed by atoms with E-state index in [2.05, 4.69) is 15.6 Å². The summed E-state index contributed by atoms with van der Waals surface area (Å²) in [4.78, 5) is 37.2. The van der Waals surface area contributed by atoms with E-state index in [0.717, 1.165) is 12.1 Å². The smallest absolute Gasteiger partial charge is 0.354 e. The molecule has 3 N–H and O–H groups in total. The highest BCUT2D eigenvalue weighted by molar-refractivity contribution is 5.86. The largest absolute Gasteiger partial charge is 0.477 e. The van der Waals surface area contributed by atoms with Gasteiger partial charge in [-0.25, -0.2) is 14.6 Å². The summed E-state index contributed by atoms with van der Waals surface area (Å²) in [5.41, 5.74) is -0.639. The third-order valence-electron chi connectivity index (χ3n) is 2.39. The molecule has 1 aromatic rings. The minimum absolute atomic E-state index is 0.154. The van der Waals surface area contributed by atoms with Gasteiger partial charge in [0.05, 0.1) is 4.92 Å². The Morgan fingerprint density at radius 3 is 2.57 bits per heavy atom. The van der Waals surface area contributed by atoms with Crippen LogP contribution in [0.15, 0.2) is 12.1 Å². The van der Waals surface area contributed by atoms with Crippen molar-refractivity contribution in [3.05, 3.63) is 27.9 Å². The van der Waals surface area contributed by atoms with E-state index in [9.17, 15) is 19.7 Å². The van der Waals surface area contributed by atoms with E-state index in [-0.39, 0.29) is 36.3 Å². The van der Waals surface area contributed by atoms with Gasteiger partial charge in [0.1, 0.15) is 0 Å². The second kappa shape index (κ2) is 7.03. The third kappa shape index (κ3) is 4.60. The standard InChI is InChI=1S/C11H15N5O5/c1-15(2)11(19)13-6-5-12-9-8(16(20)21)4-3-7(14-9)10(17)18/h3-4H,5-6H2,1-2H3,(H,12,14)(H,13,19)(H,17,18). The lowest BCUT2D eigenvalue weighted by atomic mass is 10.3. The van der Waals surface area contributed by atoms with Crippen LogP contribution in [0.3, 0.4) is 0 Å². The molecule has 10 heteroatoms. The van der Waals surface area contributed by atoms with Crippen molar-refractivity contribution in [1.29, 1.82) is 0 Å². The molecule has 0 aliphatic carbocycles. The Balaban J connectivity index is 2.72. The number of nitrogens with zero attached hydrogens (tertiary/aromatic N) is 3. The van der Waals surface area contributed by atoms with Crippen LogP contribution in [0.1, 0.15) is 10.5 Å². The monoisotopic (exact) mass is 297 g/mol. The zero-order valence-corrected chi connectivity index (χ0v) is 11.5. The minimum Gasteiger partial charge on any atom is -0.477 e. The lowest BCUT2D eigenvalue weighted by Crippen LogP contribution is -2.37. The summed E-state index contributed by atoms with van der Waals surface area (Å²) in [6.45, 7) is 0.365. The molecule has 0 atom stereocenters. The first-order valence-electron chi connectivity index (χ1n) is 5.90. The number of carbonyl (C=O) groups excluding carboxylic acids is 1. The molecule has 0 saturated heterocycles. The number of amides is 2. The molecule has 0 aliphatic heterocycles. The SMILES string of the molecule is CN(C)C(=O)NCCNc1nc(C(=O)O)ccc1[N+](=O)[O-]. The first kappa shape index (κ1) is 16.1. The van der Waals surface area contributed by atoms with E-state index >= 15 is 0 Å². The number of aromatic nitrogens is 1. The normalized spacial score (nSPS) is 9.81. The Bertz CT molecular complexity index is 560. The van der Waals surface area contributed by atoms with Crippen molar-refractivity contribution < 1.29 is 19.6 Å². The van der Waals surface area contributed by atoms with Gasteiger partial charge in [-0.15, -0.1) is 0 Å². The maximum absolute atomic E-state index is 11.3. The quantitative estimate of drug-likeness (QED) is 0.392. The molecule has 0 aliphatic rings. The molecule has 1 rings (SSSR count). The van der Waals surface area contributed by atoms with E-state index in [1.165, 1.54) is 4.90 Å². The summed E-state index contributed by atoms with van der Waals surface area (Å²) >= 11 is 0. The summed E-state index contributed by atoms with van der Waals surface area (Å²) in [7, 11) is 3.15. The summed E-state index contributed by atoms with van der Waals surface area (Å²) in [5.74, 6) is -1.44. The number of nitrogens with one attached hydrogen (secondary N) is 2. The van der Waals surface area contributed by atoms with Crippen molar-refractivity contribution in [1.82, 2.24) is 15.2 Å². The van der Waals surface area contributed by atoms with Gasteiger partial charge in [-0.2, -0.15) is 0 Å². The second-order valence-corrected chi connectivity index (χ2v) is 4.18. The van der Waals surface area contributed by atoms with Gasteiger partial charge in [0.2, 0.25) is 5.82 Å². The first-order chi connectivity index (χ1) is 9.82. The first-order valence-corrected chi connectivity index (χ1v) is 5.90. The number of carboxylic acid groups (broad SMARTS) is 1. The highest BCUT2D eigenvalue weighted by Crippen LogP contribution is 2.21. The summed E-state index contributed by atoms with van der Waals surface area (Å²) < 4.78 is 0. The average molecular weight is 297 g/mol. The third-order valence-corrected chi connectivity index (χ3v) is 2.39. The number of nitro groups is 1. The topological polar surface area (TPSA) is 138 Å². The molecule has 0 saturated carbocycles. The van der Waals surface area contributed by atoms with Gasteiger partial charge in [-0.05, 0) is 6.07 Å². The van der Waals surface area contributed by atoms with Crippen molar-refractivity contribution in [2.75, 3.05) is 32.5 Å². The van der Waals surface area contributed by atoms with Gasteiger partial charge in [0.25, 0.3) is 0 Å². The predicted octanol–water partition coefficient (Wildman–Crippen LogP) is 0.371. The molecule has 1 heterocycles. The van der Waals surface area contributed by atoms with E-state index in [1.807, 2.05) is 0 Å². The molecular formula is C11H15N5O5. The molecule has 0 aromatic carbocycles. The maximum atomic E-state index is 11.3. The number of urea groups is 1. The molecule has 0 unspecified atom stereocenters. The maximum Gasteiger partial charge on any atom is 0.354 e. The number of carbonyl (C=O) groups is 2. The van der Waals surface area contributed by atoms with Crippen LogP contribution in [-0.2, 0) is 0 Å². The molecule has 0 fully saturated rings. The molecule has 10 nitrogen and oxygen atoms in total. The molecular weight excluding hydrogens is 282 g/mol. The van der Waals surface area contributed by atoms with Crippen molar-refractivity contribution in [3.8, 4) is 0 Å². The van der Waals surface area contributed by atoms with Crippen LogP contribution in [0.25, 0.3) is 0 Å². The lowest BCUT2D eigenvalue weighted by molar-refractivity contribution is -0.384. The molecule has 1 aromatic heterocycles. The summed E-state index contributed by atoms with van der Waals surface area (Å²) in [6.07, 6.45) is 0. The van der Waals surface area contributed by atoms with Gasteiger partial charge >= 0.3 is 17.7 Å². The van der Waals surface area contributed by atoms with E-state index in [4.69, 9.17) is 5.11 Å². The van der Waals surface area contributed by atoms with E-state index in [0.29, 0.717) is 0 Å². The summed E-state index contributed by atoms with van der Waals surface area (Å²) in [6, 6.07) is 1.81. The highest BCUT2D eigenvalue weighted by atomic mass is 16.6. The fraction of sp³-hybridized carbons (Fsp3) is 0.364. The van der Waals surface area contributed by atoms with Crippen molar-refractivity contribution in [2.24, 2.45) is 0 Å². The predicted molar refractivity (Wildman–Crippen MR) is 73.4 cm³/mol. The fourth-order valence-corrected chi connectivity index (χ4v) is 1.36. The molecule has 0 radical (unpaired) electrons. The van der Waals surface area contributed by atoms with Crippen LogP contribution in [-0.4, -0.2) is 59.1 Å². The Morgan fingerprint density at radius 2 is 2.05 bits per heavy atom. The van der Waals surface area contributed by atoms with Gasteiger partial charge in [-0.3, -0.25) is 10.1 Å². The number of anilines is 1. The molecule has 21 heavy (non-hydrogen) atoms. The van der Waals surface area contributed by atoms with Gasteiger partial charge in [0, 0.05) is 33.3 Å². The number of pyridine rings is 1. The van der Waals surface area contributed by atoms with Gasteiger partial charge < -0.3 is 20.6 Å². The van der Waals surface area contributed by atoms with Crippen molar-refractivity contribution in [3.63, 3.8) is 0 Å². The van der Waals surface area contributed by atoms with Crippen LogP contribution >= 0.6 is 0 Å². The van der Waals surface area contributed by atoms with Crippen molar-refractivity contribution in [2.45, 2.75) is 0 Å². The highest BCUT2D eigenvalue weighted by Gasteiger charge is 2.18. The fourth-order valence-electron chi connectivity index (χ4n) is 1.36. The van der Waals surface area contributed by atoms with Gasteiger partial charge in [0.15, 0.2) is 5.69 Å². The summed E-state index contributed by atoms with van der Waals surface area (Å²) in [5, 5.41) is 24.8. The number of carboxylic acids is 1. The number of aromatic carboxylic acids is 1. The zero-order chi connectivity index (χ0) is 16.0. The minimum atomic E-state index is -1.28. The Labute approximate surface area is 119 Å².